The van der Waals surface area contributed by atoms with Crippen LogP contribution in [-0.4, -0.2) is 160 Å². The van der Waals surface area contributed by atoms with Crippen LogP contribution in [0, 0.1) is 23.7 Å². The lowest BCUT2D eigenvalue weighted by atomic mass is 9.99. The Morgan fingerprint density at radius 2 is 0.843 bits per heavy atom. The number of primary amides is 1. The molecular formula is C60H94N14O15. The SMILES string of the molecule is CC(C)C[C@H](NC(=O)[C@H](CC(C)C)NC(=O)[C@H](CCC(N)=O)NC(=O)[C@H](CCC(=O)O)NC(=O)[C@H](CC(C)C)NC(=O)[C@H](Cc1ccc(O)cc1)NC(=O)CNC(=O)[C@H](CC(C)C)NC(=O)[C@@H](N)Cc1ccc(O)cc1)C(=O)N[C@H](C=O)CCCN=C(N)N. The number of nitrogens with two attached hydrogens (primary N) is 4. The zero-order valence-electron chi connectivity index (χ0n) is 52.1. The number of hydrogen-bond donors (Lipinski definition) is 16. The number of carbonyl (C=O) groups is 12. The van der Waals surface area contributed by atoms with Crippen molar-refractivity contribution in [3.63, 3.8) is 0 Å². The number of phenolic OH excluding ortho intramolecular Hbond substituents is 2. The van der Waals surface area contributed by atoms with Gasteiger partial charge in [-0.3, -0.25) is 57.7 Å². The molecule has 0 unspecified atom stereocenters. The molecule has 0 aliphatic carbocycles. The summed E-state index contributed by atoms with van der Waals surface area (Å²) in [6.07, 6.45) is -1.03. The summed E-state index contributed by atoms with van der Waals surface area (Å²) >= 11 is 0. The van der Waals surface area contributed by atoms with Crippen LogP contribution in [0.15, 0.2) is 53.5 Å². The lowest BCUT2D eigenvalue weighted by molar-refractivity contribution is -0.139. The van der Waals surface area contributed by atoms with E-state index in [1.165, 1.54) is 36.4 Å². The minimum Gasteiger partial charge on any atom is -0.508 e. The molecule has 29 heteroatoms. The van der Waals surface area contributed by atoms with E-state index in [-0.39, 0.29) is 92.6 Å². The van der Waals surface area contributed by atoms with E-state index in [2.05, 4.69) is 52.8 Å². The van der Waals surface area contributed by atoms with Crippen molar-refractivity contribution in [3.8, 4) is 11.5 Å². The number of aldehydes is 1. The molecule has 0 fully saturated rings. The summed E-state index contributed by atoms with van der Waals surface area (Å²) < 4.78 is 0. The van der Waals surface area contributed by atoms with Crippen LogP contribution in [0.4, 0.5) is 0 Å². The Balaban J connectivity index is 2.42. The molecule has 9 atom stereocenters. The van der Waals surface area contributed by atoms with E-state index in [1.807, 2.05) is 13.8 Å². The smallest absolute Gasteiger partial charge is 0.303 e. The second-order valence-corrected chi connectivity index (χ2v) is 23.7. The highest BCUT2D eigenvalue weighted by atomic mass is 16.4. The van der Waals surface area contributed by atoms with Gasteiger partial charge in [-0.25, -0.2) is 0 Å². The number of aliphatic carboxylic acids is 1. The average molecular weight is 1250 g/mol. The van der Waals surface area contributed by atoms with Gasteiger partial charge in [-0.1, -0.05) is 79.7 Å². The molecule has 0 saturated heterocycles. The topological polar surface area (TPSA) is 490 Å². The number of nitrogens with zero attached hydrogens (tertiary/aromatic N) is 1. The summed E-state index contributed by atoms with van der Waals surface area (Å²) in [4.78, 5) is 165. The fourth-order valence-corrected chi connectivity index (χ4v) is 9.11. The van der Waals surface area contributed by atoms with Crippen molar-refractivity contribution in [1.29, 1.82) is 0 Å². The van der Waals surface area contributed by atoms with Gasteiger partial charge in [0, 0.05) is 25.8 Å². The van der Waals surface area contributed by atoms with Crippen LogP contribution < -0.4 is 70.8 Å². The van der Waals surface area contributed by atoms with Gasteiger partial charge in [0.2, 0.25) is 59.1 Å². The van der Waals surface area contributed by atoms with Gasteiger partial charge >= 0.3 is 5.97 Å². The lowest BCUT2D eigenvalue weighted by Gasteiger charge is -2.28. The highest BCUT2D eigenvalue weighted by molar-refractivity contribution is 5.98. The van der Waals surface area contributed by atoms with Crippen molar-refractivity contribution >= 4 is 77.3 Å². The molecule has 29 nitrogen and oxygen atoms in total. The molecule has 2 aromatic carbocycles. The molecule has 0 spiro atoms. The number of amides is 10. The van der Waals surface area contributed by atoms with Crippen molar-refractivity contribution in [3.05, 3.63) is 59.7 Å². The maximum atomic E-state index is 14.4. The van der Waals surface area contributed by atoms with E-state index >= 15 is 0 Å². The molecule has 0 aliphatic heterocycles. The van der Waals surface area contributed by atoms with Gasteiger partial charge < -0.3 is 90.9 Å². The Morgan fingerprint density at radius 1 is 0.472 bits per heavy atom. The first-order valence-corrected chi connectivity index (χ1v) is 29.8. The van der Waals surface area contributed by atoms with E-state index in [4.69, 9.17) is 22.9 Å². The second-order valence-electron chi connectivity index (χ2n) is 23.7. The number of aromatic hydroxyl groups is 2. The predicted octanol–water partition coefficient (Wildman–Crippen LogP) is -1.23. The van der Waals surface area contributed by atoms with Crippen LogP contribution in [0.2, 0.25) is 0 Å². The molecule has 2 rings (SSSR count). The van der Waals surface area contributed by atoms with E-state index in [0.29, 0.717) is 23.8 Å². The first kappa shape index (κ1) is 76.2. The third kappa shape index (κ3) is 31.0. The van der Waals surface area contributed by atoms with Crippen molar-refractivity contribution in [2.24, 2.45) is 51.6 Å². The summed E-state index contributed by atoms with van der Waals surface area (Å²) in [6, 6.07) is -0.233. The molecule has 0 heterocycles. The quantitative estimate of drug-likeness (QED) is 0.0160. The van der Waals surface area contributed by atoms with Gasteiger partial charge in [0.15, 0.2) is 5.96 Å². The van der Waals surface area contributed by atoms with E-state index in [1.54, 1.807) is 53.7 Å². The highest BCUT2D eigenvalue weighted by Crippen LogP contribution is 2.16. The van der Waals surface area contributed by atoms with Crippen LogP contribution in [0.1, 0.15) is 131 Å². The zero-order chi connectivity index (χ0) is 67.1. The number of rotatable bonds is 41. The van der Waals surface area contributed by atoms with Gasteiger partial charge in [0.05, 0.1) is 18.6 Å². The summed E-state index contributed by atoms with van der Waals surface area (Å²) in [5.41, 5.74) is 23.5. The van der Waals surface area contributed by atoms with E-state index < -0.39 is 152 Å². The average Bonchev–Trinajstić information content (AvgIpc) is 2.18. The molecule has 89 heavy (non-hydrogen) atoms. The molecule has 2 aromatic rings. The predicted molar refractivity (Wildman–Crippen MR) is 329 cm³/mol. The second kappa shape index (κ2) is 39.1. The fraction of sp³-hybridized carbons (Fsp3) is 0.583. The number of carbonyl (C=O) groups excluding carboxylic acids is 11. The number of hydrogen-bond acceptors (Lipinski definition) is 16. The molecule has 10 amide bonds. The Hall–Kier alpha value is -8.89. The third-order valence-corrected chi connectivity index (χ3v) is 13.6. The summed E-state index contributed by atoms with van der Waals surface area (Å²) in [5.74, 6) is -11.1. The Kier molecular flexibility index (Phi) is 33.5. The number of carboxylic acid groups (broad SMARTS) is 1. The summed E-state index contributed by atoms with van der Waals surface area (Å²) in [7, 11) is 0. The van der Waals surface area contributed by atoms with Gasteiger partial charge in [0.25, 0.3) is 0 Å². The number of aliphatic imine (C=N–C) groups is 1. The van der Waals surface area contributed by atoms with Crippen LogP contribution in [0.5, 0.6) is 11.5 Å². The molecular weight excluding hydrogens is 1160 g/mol. The normalized spacial score (nSPS) is 14.2. The Bertz CT molecular complexity index is 2720. The van der Waals surface area contributed by atoms with E-state index in [0.717, 1.165) is 0 Å². The Morgan fingerprint density at radius 3 is 1.25 bits per heavy atom. The molecule has 0 aliphatic rings. The third-order valence-electron chi connectivity index (χ3n) is 13.6. The monoisotopic (exact) mass is 1250 g/mol. The molecule has 0 radical (unpaired) electrons. The zero-order valence-corrected chi connectivity index (χ0v) is 52.1. The minimum atomic E-state index is -1.71. The summed E-state index contributed by atoms with van der Waals surface area (Å²) in [6.45, 7) is 13.7. The van der Waals surface area contributed by atoms with E-state index in [9.17, 15) is 72.9 Å². The van der Waals surface area contributed by atoms with Crippen molar-refractivity contribution in [1.82, 2.24) is 47.9 Å². The van der Waals surface area contributed by atoms with Crippen molar-refractivity contribution < 1.29 is 72.9 Å². The molecule has 0 bridgehead atoms. The van der Waals surface area contributed by atoms with Crippen LogP contribution >= 0.6 is 0 Å². The first-order valence-electron chi connectivity index (χ1n) is 29.8. The maximum absolute atomic E-state index is 14.4. The summed E-state index contributed by atoms with van der Waals surface area (Å²) in [5, 5.41) is 52.5. The van der Waals surface area contributed by atoms with Gasteiger partial charge in [-0.15, -0.1) is 0 Å². The number of guanidine groups is 1. The largest absolute Gasteiger partial charge is 0.508 e. The number of carboxylic acids is 1. The fourth-order valence-electron chi connectivity index (χ4n) is 9.11. The van der Waals surface area contributed by atoms with Crippen LogP contribution in [0.25, 0.3) is 0 Å². The molecule has 494 valence electrons. The van der Waals surface area contributed by atoms with Gasteiger partial charge in [-0.05, 0) is 117 Å². The van der Waals surface area contributed by atoms with Crippen molar-refractivity contribution in [2.45, 2.75) is 187 Å². The van der Waals surface area contributed by atoms with Gasteiger partial charge in [-0.2, -0.15) is 0 Å². The number of phenols is 2. The molecule has 0 aromatic heterocycles. The van der Waals surface area contributed by atoms with Crippen molar-refractivity contribution in [2.75, 3.05) is 13.1 Å². The molecule has 0 saturated carbocycles. The van der Waals surface area contributed by atoms with Crippen LogP contribution in [0.3, 0.4) is 0 Å². The maximum Gasteiger partial charge on any atom is 0.303 e. The minimum absolute atomic E-state index is 0.00304. The first-order chi connectivity index (χ1) is 41.8. The van der Waals surface area contributed by atoms with Crippen LogP contribution in [-0.2, 0) is 70.4 Å². The van der Waals surface area contributed by atoms with Gasteiger partial charge in [0.1, 0.15) is 60.1 Å². The number of benzene rings is 2. The Labute approximate surface area is 519 Å². The molecule has 20 N–H and O–H groups in total. The lowest BCUT2D eigenvalue weighted by Crippen LogP contribution is -2.60. The number of nitrogens with one attached hydrogen (secondary N) is 9. The highest BCUT2D eigenvalue weighted by Gasteiger charge is 2.35. The standard InChI is InChI=1S/C60H94N14O15/c1-32(2)24-44(71-52(82)41(61)28-36-11-15-39(76)16-12-36)53(83)66-30-50(79)68-48(29-37-13-17-40(77)18-14-37)59(89)74-46(26-34(5)6)57(87)70-43(20-22-51(80)81)54(84)69-42(19-21-49(62)78)55(85)72-47(27-35(7)8)58(88)73-45(25-33(3)4)56(86)67-38(31-75)10-9-23-65-60(63)64/h11-18,31-35,38,41-48,76-77H,9-10,19-30,61H2,1-8H3,(H2,62,78)(H,66,83)(H,67,86)(H,68,79)(H,69,84)(H,70,87)(H,71,82)(H,72,85)(H,73,88)(H,74,89)(H,80,81)(H4,63,64,65)/t38-,41-,42-,43-,44-,45-,46-,47-,48-/m0/s1.